The lowest BCUT2D eigenvalue weighted by Gasteiger charge is -2.32. The van der Waals surface area contributed by atoms with Gasteiger partial charge in [-0.05, 0) is 31.4 Å². The van der Waals surface area contributed by atoms with Crippen LogP contribution in [-0.2, 0) is 14.8 Å². The molecule has 2 aliphatic heterocycles. The Morgan fingerprint density at radius 1 is 1.19 bits per heavy atom. The highest BCUT2D eigenvalue weighted by molar-refractivity contribution is 7.92. The molecule has 0 spiro atoms. The minimum atomic E-state index is -3.75. The van der Waals surface area contributed by atoms with Crippen LogP contribution in [0.3, 0.4) is 0 Å². The van der Waals surface area contributed by atoms with E-state index in [1.165, 1.54) is 6.20 Å². The normalized spacial score (nSPS) is 17.0. The summed E-state index contributed by atoms with van der Waals surface area (Å²) in [6.07, 6.45) is 6.97. The number of benzene rings is 1. The van der Waals surface area contributed by atoms with Gasteiger partial charge in [0.25, 0.3) is 0 Å². The third-order valence-electron chi connectivity index (χ3n) is 6.11. The number of aromatic nitrogens is 2. The van der Waals surface area contributed by atoms with Crippen LogP contribution in [0.2, 0.25) is 0 Å². The smallest absolute Gasteiger partial charge is 0.232 e. The molecule has 2 aliphatic rings. The van der Waals surface area contributed by atoms with E-state index in [4.69, 9.17) is 4.74 Å². The van der Waals surface area contributed by atoms with E-state index in [2.05, 4.69) is 35.9 Å². The van der Waals surface area contributed by atoms with E-state index < -0.39 is 27.3 Å². The Labute approximate surface area is 215 Å². The molecule has 0 bridgehead atoms. The van der Waals surface area contributed by atoms with Gasteiger partial charge in [0.05, 0.1) is 23.7 Å². The molecule has 0 saturated carbocycles. The van der Waals surface area contributed by atoms with E-state index in [1.807, 2.05) is 0 Å². The first-order valence-electron chi connectivity index (χ1n) is 12.1. The number of nitrogens with zero attached hydrogens (tertiary/aromatic N) is 4. The molecule has 1 aromatic carbocycles. The van der Waals surface area contributed by atoms with Gasteiger partial charge < -0.3 is 20.4 Å². The van der Waals surface area contributed by atoms with Gasteiger partial charge in [-0.1, -0.05) is 6.92 Å². The number of halogens is 2. The summed E-state index contributed by atoms with van der Waals surface area (Å²) in [4.78, 5) is 11.1. The van der Waals surface area contributed by atoms with Crippen LogP contribution in [0, 0.1) is 11.6 Å². The van der Waals surface area contributed by atoms with E-state index in [9.17, 15) is 12.8 Å². The molecule has 202 valence electrons. The molecule has 4 N–H and O–H groups in total. The lowest BCUT2D eigenvalue weighted by atomic mass is 10.1. The maximum atomic E-state index is 15.1. The van der Waals surface area contributed by atoms with Crippen LogP contribution < -0.4 is 26.0 Å². The zero-order valence-electron chi connectivity index (χ0n) is 20.8. The number of anilines is 3. The first-order valence-corrected chi connectivity index (χ1v) is 13.8. The second kappa shape index (κ2) is 12.0. The number of hydrazine groups is 2. The van der Waals surface area contributed by atoms with Crippen LogP contribution in [0.15, 0.2) is 30.7 Å². The highest BCUT2D eigenvalue weighted by Gasteiger charge is 2.25. The van der Waals surface area contributed by atoms with Gasteiger partial charge in [0.2, 0.25) is 16.0 Å². The fourth-order valence-electron chi connectivity index (χ4n) is 4.15. The molecule has 37 heavy (non-hydrogen) atoms. The van der Waals surface area contributed by atoms with Crippen molar-refractivity contribution in [2.45, 2.75) is 32.2 Å². The van der Waals surface area contributed by atoms with E-state index in [0.717, 1.165) is 56.2 Å². The predicted molar refractivity (Wildman–Crippen MR) is 138 cm³/mol. The third-order valence-corrected chi connectivity index (χ3v) is 7.59. The van der Waals surface area contributed by atoms with Crippen LogP contribution in [0.25, 0.3) is 5.70 Å². The van der Waals surface area contributed by atoms with Crippen molar-refractivity contribution >= 4 is 33.0 Å². The maximum absolute atomic E-state index is 15.1. The van der Waals surface area contributed by atoms with E-state index in [-0.39, 0.29) is 17.5 Å². The van der Waals surface area contributed by atoms with Crippen LogP contribution in [-0.4, -0.2) is 68.4 Å². The van der Waals surface area contributed by atoms with Crippen LogP contribution in [0.1, 0.15) is 31.7 Å². The van der Waals surface area contributed by atoms with E-state index >= 15 is 4.39 Å². The fraction of sp³-hybridized carbons (Fsp3) is 0.478. The number of nitrogens with one attached hydrogen (secondary N) is 4. The number of hydrogen-bond donors (Lipinski definition) is 4. The fourth-order valence-corrected chi connectivity index (χ4v) is 5.29. The van der Waals surface area contributed by atoms with Gasteiger partial charge in [0, 0.05) is 56.9 Å². The van der Waals surface area contributed by atoms with Crippen molar-refractivity contribution in [1.82, 2.24) is 25.8 Å². The van der Waals surface area contributed by atoms with Gasteiger partial charge in [-0.2, -0.15) is 0 Å². The third kappa shape index (κ3) is 6.83. The minimum absolute atomic E-state index is 0.175. The van der Waals surface area contributed by atoms with Gasteiger partial charge in [-0.15, -0.1) is 5.53 Å². The Balaban J connectivity index is 1.41. The molecule has 1 saturated heterocycles. The lowest BCUT2D eigenvalue weighted by Crippen LogP contribution is -2.40. The van der Waals surface area contributed by atoms with Crippen molar-refractivity contribution in [2.24, 2.45) is 0 Å². The highest BCUT2D eigenvalue weighted by atomic mass is 32.2. The summed E-state index contributed by atoms with van der Waals surface area (Å²) in [6, 6.07) is 2.33. The summed E-state index contributed by atoms with van der Waals surface area (Å²) in [5.41, 5.74) is 5.78. The van der Waals surface area contributed by atoms with Crippen molar-refractivity contribution in [3.8, 4) is 0 Å². The number of sulfonamides is 1. The summed E-state index contributed by atoms with van der Waals surface area (Å²) in [5.74, 6) is -1.58. The number of likely N-dealkylation sites (tertiary alicyclic amines) is 1. The molecule has 1 fully saturated rings. The molecule has 0 amide bonds. The molecule has 11 nitrogen and oxygen atoms in total. The van der Waals surface area contributed by atoms with Crippen molar-refractivity contribution in [1.29, 1.82) is 0 Å². The summed E-state index contributed by atoms with van der Waals surface area (Å²) >= 11 is 0. The summed E-state index contributed by atoms with van der Waals surface area (Å²) in [6.45, 7) is 5.30. The minimum Gasteiger partial charge on any atom is -0.383 e. The number of hydrogen-bond acceptors (Lipinski definition) is 10. The van der Waals surface area contributed by atoms with Gasteiger partial charge in [0.15, 0.2) is 11.6 Å². The van der Waals surface area contributed by atoms with Crippen molar-refractivity contribution in [3.63, 3.8) is 0 Å². The zero-order chi connectivity index (χ0) is 26.4. The average molecular weight is 539 g/mol. The number of methoxy groups -OCH3 is 1. The second-order valence-electron chi connectivity index (χ2n) is 8.88. The van der Waals surface area contributed by atoms with Crippen molar-refractivity contribution < 1.29 is 21.9 Å². The number of ether oxygens (including phenoxy) is 1. The predicted octanol–water partition coefficient (Wildman–Crippen LogP) is 2.26. The monoisotopic (exact) mass is 538 g/mol. The molecular formula is C23H32F2N8O3S. The molecule has 3 heterocycles. The molecule has 4 rings (SSSR count). The first kappa shape index (κ1) is 27.0. The molecule has 0 aliphatic carbocycles. The number of piperidine rings is 1. The average Bonchev–Trinajstić information content (AvgIpc) is 3.35. The van der Waals surface area contributed by atoms with Gasteiger partial charge in [-0.25, -0.2) is 27.2 Å². The molecule has 14 heteroatoms. The Morgan fingerprint density at radius 3 is 2.59 bits per heavy atom. The van der Waals surface area contributed by atoms with Gasteiger partial charge >= 0.3 is 0 Å². The molecule has 0 atom stereocenters. The van der Waals surface area contributed by atoms with E-state index in [1.54, 1.807) is 26.4 Å². The van der Waals surface area contributed by atoms with Crippen molar-refractivity contribution in [3.05, 3.63) is 47.9 Å². The summed E-state index contributed by atoms with van der Waals surface area (Å²) in [7, 11) is -2.04. The number of rotatable bonds is 11. The lowest BCUT2D eigenvalue weighted by molar-refractivity contribution is 0.132. The summed E-state index contributed by atoms with van der Waals surface area (Å²) in [5, 5.41) is 4.46. The van der Waals surface area contributed by atoms with Crippen LogP contribution in [0.4, 0.5) is 26.1 Å². The molecule has 0 unspecified atom stereocenters. The highest BCUT2D eigenvalue weighted by Crippen LogP contribution is 2.31. The quantitative estimate of drug-likeness (QED) is 0.339. The molecule has 2 aromatic rings. The zero-order valence-corrected chi connectivity index (χ0v) is 21.6. The molecule has 0 radical (unpaired) electrons. The Bertz CT molecular complexity index is 1210. The first-order chi connectivity index (χ1) is 17.8. The standard InChI is InChI=1S/C23H32F2N8O3S/c1-3-12-37(34,35)30-19-5-4-18(24)22(21(19)25)33-15-20(29-31-33)16-13-26-23(27-14-16)28-17-6-8-32(9-7-17)10-11-36-2/h4-5,13-15,17,29-31H,3,6-12H2,1-2H3,(H,26,27,28). The van der Waals surface area contributed by atoms with Crippen molar-refractivity contribution in [2.75, 3.05) is 54.2 Å². The molecular weight excluding hydrogens is 506 g/mol. The molecule has 1 aromatic heterocycles. The summed E-state index contributed by atoms with van der Waals surface area (Å²) < 4.78 is 61.1. The largest absolute Gasteiger partial charge is 0.383 e. The Hall–Kier alpha value is -3.07. The second-order valence-corrected chi connectivity index (χ2v) is 10.7. The van der Waals surface area contributed by atoms with Gasteiger partial charge in [-0.3, -0.25) is 9.73 Å². The van der Waals surface area contributed by atoms with Crippen LogP contribution in [0.5, 0.6) is 0 Å². The topological polar surface area (TPSA) is 124 Å². The van der Waals surface area contributed by atoms with E-state index in [0.29, 0.717) is 23.6 Å². The van der Waals surface area contributed by atoms with Crippen LogP contribution >= 0.6 is 0 Å². The van der Waals surface area contributed by atoms with Gasteiger partial charge in [0.1, 0.15) is 5.69 Å². The Morgan fingerprint density at radius 2 is 1.92 bits per heavy atom. The Kier molecular flexibility index (Phi) is 8.74. The SMILES string of the molecule is CCCS(=O)(=O)Nc1ccc(F)c(N2C=C(c3cnc(NC4CCN(CCOC)CC4)nc3)NN2)c1F. The maximum Gasteiger partial charge on any atom is 0.232 e.